The lowest BCUT2D eigenvalue weighted by molar-refractivity contribution is 0.517. The first-order valence-corrected chi connectivity index (χ1v) is 6.34. The lowest BCUT2D eigenvalue weighted by Gasteiger charge is -2.21. The SMILES string of the molecule is CN=C(Nc1ccccc1Br)N1CCCC1. The molecule has 1 N–H and O–H groups in total. The third-order valence-electron chi connectivity index (χ3n) is 2.74. The van der Waals surface area contributed by atoms with E-state index in [2.05, 4.69) is 31.1 Å². The van der Waals surface area contributed by atoms with Gasteiger partial charge in [-0.15, -0.1) is 0 Å². The van der Waals surface area contributed by atoms with Gasteiger partial charge in [-0.1, -0.05) is 12.1 Å². The Morgan fingerprint density at radius 2 is 2.00 bits per heavy atom. The Hall–Kier alpha value is -1.03. The van der Waals surface area contributed by atoms with E-state index >= 15 is 0 Å². The topological polar surface area (TPSA) is 27.6 Å². The lowest BCUT2D eigenvalue weighted by atomic mass is 10.3. The van der Waals surface area contributed by atoms with Gasteiger partial charge in [-0.2, -0.15) is 0 Å². The lowest BCUT2D eigenvalue weighted by Crippen LogP contribution is -2.33. The Morgan fingerprint density at radius 3 is 2.62 bits per heavy atom. The van der Waals surface area contributed by atoms with Crippen molar-refractivity contribution < 1.29 is 0 Å². The molecule has 1 saturated heterocycles. The van der Waals surface area contributed by atoms with E-state index in [0.29, 0.717) is 0 Å². The molecular formula is C12H16BrN3. The van der Waals surface area contributed by atoms with E-state index < -0.39 is 0 Å². The highest BCUT2D eigenvalue weighted by molar-refractivity contribution is 9.10. The van der Waals surface area contributed by atoms with Crippen LogP contribution in [0, 0.1) is 0 Å². The van der Waals surface area contributed by atoms with E-state index in [9.17, 15) is 0 Å². The monoisotopic (exact) mass is 281 g/mol. The fourth-order valence-corrected chi connectivity index (χ4v) is 2.27. The van der Waals surface area contributed by atoms with Crippen LogP contribution in [-0.2, 0) is 0 Å². The normalized spacial score (nSPS) is 16.6. The van der Waals surface area contributed by atoms with Crippen molar-refractivity contribution >= 4 is 27.6 Å². The van der Waals surface area contributed by atoms with Crippen molar-refractivity contribution in [3.8, 4) is 0 Å². The molecule has 0 atom stereocenters. The number of likely N-dealkylation sites (tertiary alicyclic amines) is 1. The molecule has 0 saturated carbocycles. The van der Waals surface area contributed by atoms with Crippen molar-refractivity contribution in [3.05, 3.63) is 28.7 Å². The van der Waals surface area contributed by atoms with Gasteiger partial charge in [-0.25, -0.2) is 0 Å². The van der Waals surface area contributed by atoms with Crippen molar-refractivity contribution in [1.29, 1.82) is 0 Å². The highest BCUT2D eigenvalue weighted by atomic mass is 79.9. The standard InChI is InChI=1S/C12H16BrN3/c1-14-12(16-8-4-5-9-16)15-11-7-3-2-6-10(11)13/h2-3,6-7H,4-5,8-9H2,1H3,(H,14,15). The predicted molar refractivity (Wildman–Crippen MR) is 71.9 cm³/mol. The molecular weight excluding hydrogens is 266 g/mol. The Morgan fingerprint density at radius 1 is 1.31 bits per heavy atom. The molecule has 0 unspecified atom stereocenters. The fraction of sp³-hybridized carbons (Fsp3) is 0.417. The first-order chi connectivity index (χ1) is 7.81. The van der Waals surface area contributed by atoms with E-state index in [-0.39, 0.29) is 0 Å². The Kier molecular flexibility index (Phi) is 3.83. The maximum atomic E-state index is 4.32. The van der Waals surface area contributed by atoms with Crippen LogP contribution in [0.5, 0.6) is 0 Å². The second-order valence-corrected chi connectivity index (χ2v) is 4.70. The zero-order chi connectivity index (χ0) is 11.4. The number of hydrogen-bond donors (Lipinski definition) is 1. The number of guanidine groups is 1. The summed E-state index contributed by atoms with van der Waals surface area (Å²) < 4.78 is 1.07. The molecule has 0 amide bonds. The summed E-state index contributed by atoms with van der Waals surface area (Å²) in [7, 11) is 1.83. The van der Waals surface area contributed by atoms with Crippen molar-refractivity contribution in [1.82, 2.24) is 4.90 Å². The molecule has 86 valence electrons. The minimum absolute atomic E-state index is 0.962. The second-order valence-electron chi connectivity index (χ2n) is 3.85. The summed E-state index contributed by atoms with van der Waals surface area (Å²) in [5.41, 5.74) is 1.06. The molecule has 1 heterocycles. The largest absolute Gasteiger partial charge is 0.343 e. The number of para-hydroxylation sites is 1. The van der Waals surface area contributed by atoms with Gasteiger partial charge >= 0.3 is 0 Å². The minimum Gasteiger partial charge on any atom is -0.343 e. The first kappa shape index (κ1) is 11.5. The summed E-state index contributed by atoms with van der Waals surface area (Å²) >= 11 is 3.53. The van der Waals surface area contributed by atoms with Gasteiger partial charge in [-0.3, -0.25) is 4.99 Å². The van der Waals surface area contributed by atoms with E-state index in [1.807, 2.05) is 31.3 Å². The number of hydrogen-bond acceptors (Lipinski definition) is 1. The van der Waals surface area contributed by atoms with E-state index in [1.165, 1.54) is 12.8 Å². The number of nitrogens with zero attached hydrogens (tertiary/aromatic N) is 2. The number of halogens is 1. The van der Waals surface area contributed by atoms with Gasteiger partial charge in [0.25, 0.3) is 0 Å². The van der Waals surface area contributed by atoms with Crippen molar-refractivity contribution in [2.75, 3.05) is 25.5 Å². The molecule has 0 aliphatic carbocycles. The zero-order valence-corrected chi connectivity index (χ0v) is 11.0. The van der Waals surface area contributed by atoms with E-state index in [0.717, 1.165) is 29.2 Å². The van der Waals surface area contributed by atoms with Gasteiger partial charge in [0.1, 0.15) is 0 Å². The number of nitrogens with one attached hydrogen (secondary N) is 1. The van der Waals surface area contributed by atoms with Gasteiger partial charge in [0.15, 0.2) is 5.96 Å². The van der Waals surface area contributed by atoms with Crippen LogP contribution in [0.3, 0.4) is 0 Å². The Bertz CT molecular complexity index is 384. The molecule has 1 fully saturated rings. The minimum atomic E-state index is 0.962. The van der Waals surface area contributed by atoms with Crippen LogP contribution < -0.4 is 5.32 Å². The summed E-state index contributed by atoms with van der Waals surface area (Å²) in [6.07, 6.45) is 2.52. The van der Waals surface area contributed by atoms with Crippen molar-refractivity contribution in [3.63, 3.8) is 0 Å². The molecule has 0 bridgehead atoms. The first-order valence-electron chi connectivity index (χ1n) is 5.54. The van der Waals surface area contributed by atoms with Gasteiger partial charge in [0.05, 0.1) is 5.69 Å². The number of benzene rings is 1. The number of rotatable bonds is 1. The summed E-state index contributed by atoms with van der Waals surface area (Å²) in [5.74, 6) is 0.962. The number of anilines is 1. The molecule has 4 heteroatoms. The van der Waals surface area contributed by atoms with Crippen molar-refractivity contribution in [2.45, 2.75) is 12.8 Å². The maximum absolute atomic E-state index is 4.32. The zero-order valence-electron chi connectivity index (χ0n) is 9.41. The summed E-state index contributed by atoms with van der Waals surface area (Å²) in [6, 6.07) is 8.10. The molecule has 0 radical (unpaired) electrons. The van der Waals surface area contributed by atoms with Gasteiger partial charge < -0.3 is 10.2 Å². The molecule has 0 aromatic heterocycles. The molecule has 1 aliphatic rings. The molecule has 2 rings (SSSR count). The molecule has 16 heavy (non-hydrogen) atoms. The van der Waals surface area contributed by atoms with Crippen molar-refractivity contribution in [2.24, 2.45) is 4.99 Å². The highest BCUT2D eigenvalue weighted by Gasteiger charge is 2.16. The fourth-order valence-electron chi connectivity index (χ4n) is 1.89. The average Bonchev–Trinajstić information content (AvgIpc) is 2.81. The van der Waals surface area contributed by atoms with Crippen LogP contribution >= 0.6 is 15.9 Å². The van der Waals surface area contributed by atoms with Gasteiger partial charge in [-0.05, 0) is 40.9 Å². The van der Waals surface area contributed by atoms with E-state index in [4.69, 9.17) is 0 Å². The van der Waals surface area contributed by atoms with Crippen LogP contribution in [0.4, 0.5) is 5.69 Å². The van der Waals surface area contributed by atoms with Gasteiger partial charge in [0.2, 0.25) is 0 Å². The second kappa shape index (κ2) is 5.34. The third-order valence-corrected chi connectivity index (χ3v) is 3.43. The molecule has 0 spiro atoms. The predicted octanol–water partition coefficient (Wildman–Crippen LogP) is 2.94. The summed E-state index contributed by atoms with van der Waals surface area (Å²) in [4.78, 5) is 6.61. The smallest absolute Gasteiger partial charge is 0.198 e. The molecule has 1 aromatic carbocycles. The quantitative estimate of drug-likeness (QED) is 0.633. The highest BCUT2D eigenvalue weighted by Crippen LogP contribution is 2.22. The molecule has 3 nitrogen and oxygen atoms in total. The van der Waals surface area contributed by atoms with Crippen LogP contribution in [0.15, 0.2) is 33.7 Å². The van der Waals surface area contributed by atoms with Gasteiger partial charge in [0, 0.05) is 24.6 Å². The van der Waals surface area contributed by atoms with Crippen LogP contribution in [0.25, 0.3) is 0 Å². The van der Waals surface area contributed by atoms with E-state index in [1.54, 1.807) is 0 Å². The van der Waals surface area contributed by atoms with Crippen LogP contribution in [0.1, 0.15) is 12.8 Å². The molecule has 1 aliphatic heterocycles. The van der Waals surface area contributed by atoms with Crippen LogP contribution in [0.2, 0.25) is 0 Å². The number of aliphatic imine (C=N–C) groups is 1. The average molecular weight is 282 g/mol. The summed E-state index contributed by atoms with van der Waals surface area (Å²) in [6.45, 7) is 2.20. The Balaban J connectivity index is 2.10. The Labute approximate surface area is 105 Å². The maximum Gasteiger partial charge on any atom is 0.198 e. The van der Waals surface area contributed by atoms with Crippen LogP contribution in [-0.4, -0.2) is 31.0 Å². The summed E-state index contributed by atoms with van der Waals surface area (Å²) in [5, 5.41) is 3.37. The third kappa shape index (κ3) is 2.55. The molecule has 1 aromatic rings.